The van der Waals surface area contributed by atoms with E-state index in [1.807, 2.05) is 37.3 Å². The van der Waals surface area contributed by atoms with Crippen LogP contribution in [0.3, 0.4) is 0 Å². The van der Waals surface area contributed by atoms with Crippen LogP contribution in [0.15, 0.2) is 42.9 Å². The van der Waals surface area contributed by atoms with E-state index in [0.717, 1.165) is 11.3 Å². The number of hydrogen-bond donors (Lipinski definition) is 0. The second-order valence-corrected chi connectivity index (χ2v) is 4.28. The molecule has 1 aliphatic heterocycles. The van der Waals surface area contributed by atoms with E-state index >= 15 is 0 Å². The van der Waals surface area contributed by atoms with Crippen LogP contribution in [0.5, 0.6) is 0 Å². The maximum atomic E-state index is 12.5. The number of hydrogen-bond acceptors (Lipinski definition) is 4. The van der Waals surface area contributed by atoms with E-state index in [1.54, 1.807) is 6.20 Å². The number of nitrogens with zero attached hydrogens (tertiary/aromatic N) is 4. The van der Waals surface area contributed by atoms with Gasteiger partial charge in [0.25, 0.3) is 0 Å². The molecule has 6 nitrogen and oxygen atoms in total. The average molecular weight is 270 g/mol. The molecule has 2 aromatic rings. The van der Waals surface area contributed by atoms with Gasteiger partial charge in [-0.3, -0.25) is 4.84 Å². The SMILES string of the molecule is CCON1Cc2cncnc2N(c2ccccc2)C1=O. The fourth-order valence-electron chi connectivity index (χ4n) is 2.16. The molecule has 0 saturated carbocycles. The van der Waals surface area contributed by atoms with Crippen LogP contribution in [0.2, 0.25) is 0 Å². The monoisotopic (exact) mass is 270 g/mol. The van der Waals surface area contributed by atoms with Gasteiger partial charge in [0.15, 0.2) is 0 Å². The molecule has 0 atom stereocenters. The molecule has 3 rings (SSSR count). The van der Waals surface area contributed by atoms with Gasteiger partial charge < -0.3 is 0 Å². The summed E-state index contributed by atoms with van der Waals surface area (Å²) in [5.74, 6) is 0.604. The molecule has 0 unspecified atom stereocenters. The second kappa shape index (κ2) is 5.26. The van der Waals surface area contributed by atoms with Crippen molar-refractivity contribution in [1.29, 1.82) is 0 Å². The predicted octanol–water partition coefficient (Wildman–Crippen LogP) is 2.50. The third kappa shape index (κ3) is 2.10. The summed E-state index contributed by atoms with van der Waals surface area (Å²) in [4.78, 5) is 27.7. The molecule has 6 heteroatoms. The zero-order valence-electron chi connectivity index (χ0n) is 11.1. The standard InChI is InChI=1S/C14H14N4O2/c1-2-20-17-9-11-8-15-10-16-13(11)18(14(17)19)12-6-4-3-5-7-12/h3-8,10H,2,9H2,1H3. The lowest BCUT2D eigenvalue weighted by Gasteiger charge is -2.34. The first-order valence-corrected chi connectivity index (χ1v) is 6.39. The number of rotatable bonds is 3. The molecule has 1 aliphatic rings. The quantitative estimate of drug-likeness (QED) is 0.859. The molecular weight excluding hydrogens is 256 g/mol. The normalized spacial score (nSPS) is 14.3. The summed E-state index contributed by atoms with van der Waals surface area (Å²) in [7, 11) is 0. The molecule has 2 amide bonds. The lowest BCUT2D eigenvalue weighted by molar-refractivity contribution is -0.118. The van der Waals surface area contributed by atoms with Crippen molar-refractivity contribution in [3.63, 3.8) is 0 Å². The summed E-state index contributed by atoms with van der Waals surface area (Å²) < 4.78 is 0. The van der Waals surface area contributed by atoms with Gasteiger partial charge in [-0.05, 0) is 19.1 Å². The molecular formula is C14H14N4O2. The highest BCUT2D eigenvalue weighted by Gasteiger charge is 2.33. The molecule has 0 bridgehead atoms. The third-order valence-electron chi connectivity index (χ3n) is 2.99. The van der Waals surface area contributed by atoms with Crippen molar-refractivity contribution in [2.45, 2.75) is 13.5 Å². The summed E-state index contributed by atoms with van der Waals surface area (Å²) in [6.07, 6.45) is 3.15. The van der Waals surface area contributed by atoms with E-state index in [1.165, 1.54) is 16.3 Å². The Bertz CT molecular complexity index is 618. The van der Waals surface area contributed by atoms with Gasteiger partial charge in [0.1, 0.15) is 12.1 Å². The summed E-state index contributed by atoms with van der Waals surface area (Å²) in [6, 6.07) is 9.13. The van der Waals surface area contributed by atoms with Gasteiger partial charge in [0.2, 0.25) is 0 Å². The third-order valence-corrected chi connectivity index (χ3v) is 2.99. The van der Waals surface area contributed by atoms with Gasteiger partial charge in [-0.25, -0.2) is 19.7 Å². The molecule has 0 radical (unpaired) electrons. The molecule has 2 heterocycles. The average Bonchev–Trinajstić information content (AvgIpc) is 2.49. The maximum absolute atomic E-state index is 12.5. The van der Waals surface area contributed by atoms with Gasteiger partial charge in [-0.2, -0.15) is 5.06 Å². The number of benzene rings is 1. The zero-order chi connectivity index (χ0) is 13.9. The fraction of sp³-hybridized carbons (Fsp3) is 0.214. The summed E-state index contributed by atoms with van der Waals surface area (Å²) >= 11 is 0. The highest BCUT2D eigenvalue weighted by atomic mass is 16.7. The topological polar surface area (TPSA) is 58.6 Å². The number of fused-ring (bicyclic) bond motifs is 1. The number of carbonyl (C=O) groups is 1. The van der Waals surface area contributed by atoms with E-state index in [-0.39, 0.29) is 6.03 Å². The molecule has 0 aliphatic carbocycles. The Balaban J connectivity index is 2.08. The molecule has 0 saturated heterocycles. The van der Waals surface area contributed by atoms with Gasteiger partial charge in [-0.15, -0.1) is 0 Å². The van der Waals surface area contributed by atoms with Gasteiger partial charge in [0.05, 0.1) is 18.8 Å². The Morgan fingerprint density at radius 2 is 2.10 bits per heavy atom. The largest absolute Gasteiger partial charge is 0.354 e. The number of carbonyl (C=O) groups excluding carboxylic acids is 1. The first-order valence-electron chi connectivity index (χ1n) is 6.39. The van der Waals surface area contributed by atoms with Gasteiger partial charge in [-0.1, -0.05) is 18.2 Å². The van der Waals surface area contributed by atoms with Crippen molar-refractivity contribution >= 4 is 17.5 Å². The van der Waals surface area contributed by atoms with Crippen molar-refractivity contribution in [3.05, 3.63) is 48.4 Å². The van der Waals surface area contributed by atoms with E-state index < -0.39 is 0 Å². The highest BCUT2D eigenvalue weighted by molar-refractivity contribution is 6.00. The van der Waals surface area contributed by atoms with Crippen LogP contribution in [-0.2, 0) is 11.4 Å². The number of urea groups is 1. The molecule has 20 heavy (non-hydrogen) atoms. The second-order valence-electron chi connectivity index (χ2n) is 4.28. The van der Waals surface area contributed by atoms with Crippen molar-refractivity contribution < 1.29 is 9.63 Å². The van der Waals surface area contributed by atoms with E-state index in [2.05, 4.69) is 9.97 Å². The van der Waals surface area contributed by atoms with Crippen molar-refractivity contribution in [2.75, 3.05) is 11.5 Å². The molecule has 0 N–H and O–H groups in total. The van der Waals surface area contributed by atoms with Gasteiger partial charge >= 0.3 is 6.03 Å². The van der Waals surface area contributed by atoms with Crippen LogP contribution in [0.1, 0.15) is 12.5 Å². The first kappa shape index (κ1) is 12.6. The Morgan fingerprint density at radius 1 is 1.30 bits per heavy atom. The molecule has 0 spiro atoms. The lowest BCUT2D eigenvalue weighted by atomic mass is 10.2. The summed E-state index contributed by atoms with van der Waals surface area (Å²) in [6.45, 7) is 2.63. The van der Waals surface area contributed by atoms with Crippen LogP contribution in [-0.4, -0.2) is 27.7 Å². The minimum absolute atomic E-state index is 0.246. The molecule has 102 valence electrons. The van der Waals surface area contributed by atoms with Crippen LogP contribution in [0.4, 0.5) is 16.3 Å². The summed E-state index contributed by atoms with van der Waals surface area (Å²) in [5.41, 5.74) is 1.60. The highest BCUT2D eigenvalue weighted by Crippen LogP contribution is 2.32. The Kier molecular flexibility index (Phi) is 3.30. The van der Waals surface area contributed by atoms with Crippen LogP contribution in [0, 0.1) is 0 Å². The predicted molar refractivity (Wildman–Crippen MR) is 73.2 cm³/mol. The maximum Gasteiger partial charge on any atom is 0.354 e. The van der Waals surface area contributed by atoms with Crippen molar-refractivity contribution in [2.24, 2.45) is 0 Å². The minimum Gasteiger partial charge on any atom is -0.269 e. The molecule has 0 fully saturated rings. The van der Waals surface area contributed by atoms with Gasteiger partial charge in [0, 0.05) is 11.8 Å². The fourth-order valence-corrected chi connectivity index (χ4v) is 2.16. The molecule has 1 aromatic carbocycles. The number of aromatic nitrogens is 2. The van der Waals surface area contributed by atoms with E-state index in [0.29, 0.717) is 19.0 Å². The van der Waals surface area contributed by atoms with E-state index in [9.17, 15) is 4.79 Å². The molecule has 1 aromatic heterocycles. The summed E-state index contributed by atoms with van der Waals surface area (Å²) in [5, 5.41) is 1.33. The smallest absolute Gasteiger partial charge is 0.269 e. The Labute approximate surface area is 116 Å². The number of para-hydroxylation sites is 1. The number of hydroxylamine groups is 2. The lowest BCUT2D eigenvalue weighted by Crippen LogP contribution is -2.45. The first-order chi connectivity index (χ1) is 9.81. The Hall–Kier alpha value is -2.47. The van der Waals surface area contributed by atoms with Crippen LogP contribution < -0.4 is 4.90 Å². The van der Waals surface area contributed by atoms with Crippen molar-refractivity contribution in [1.82, 2.24) is 15.0 Å². The van der Waals surface area contributed by atoms with E-state index in [4.69, 9.17) is 4.84 Å². The number of anilines is 2. The van der Waals surface area contributed by atoms with Crippen molar-refractivity contribution in [3.8, 4) is 0 Å². The number of amides is 2. The zero-order valence-corrected chi connectivity index (χ0v) is 11.1. The Morgan fingerprint density at radius 3 is 2.85 bits per heavy atom. The van der Waals surface area contributed by atoms with Crippen LogP contribution in [0.25, 0.3) is 0 Å². The van der Waals surface area contributed by atoms with Crippen LogP contribution >= 0.6 is 0 Å². The minimum atomic E-state index is -0.246.